The molecule has 2 rings (SSSR count). The van der Waals surface area contributed by atoms with Crippen LogP contribution in [0.15, 0.2) is 30.6 Å². The first-order valence-corrected chi connectivity index (χ1v) is 4.75. The maximum atomic E-state index is 13.3. The molecule has 0 radical (unpaired) electrons. The predicted octanol–water partition coefficient (Wildman–Crippen LogP) is 2.25. The Morgan fingerprint density at radius 3 is 2.50 bits per heavy atom. The van der Waals surface area contributed by atoms with Crippen molar-refractivity contribution in [3.05, 3.63) is 47.8 Å². The molecule has 1 N–H and O–H groups in total. The molecule has 1 aromatic heterocycles. The first-order chi connectivity index (χ1) is 8.58. The molecule has 7 heteroatoms. The first kappa shape index (κ1) is 11.9. The molecule has 0 aliphatic rings. The number of aromatic nitrogens is 2. The van der Waals surface area contributed by atoms with Gasteiger partial charge < -0.3 is 9.84 Å². The van der Waals surface area contributed by atoms with Gasteiger partial charge in [0, 0.05) is 0 Å². The number of hydrogen-bond donors (Lipinski definition) is 1. The quantitative estimate of drug-likeness (QED) is 0.906. The van der Waals surface area contributed by atoms with Crippen LogP contribution in [-0.4, -0.2) is 21.0 Å². The van der Waals surface area contributed by atoms with E-state index in [2.05, 4.69) is 9.97 Å². The molecule has 0 unspecified atom stereocenters. The largest absolute Gasteiger partial charge is 0.477 e. The van der Waals surface area contributed by atoms with E-state index in [0.717, 1.165) is 18.5 Å². The summed E-state index contributed by atoms with van der Waals surface area (Å²) in [4.78, 5) is 17.8. The number of halogens is 2. The van der Waals surface area contributed by atoms with Crippen LogP contribution in [0.1, 0.15) is 10.4 Å². The van der Waals surface area contributed by atoms with Gasteiger partial charge in [0.2, 0.25) is 0 Å². The van der Waals surface area contributed by atoms with Crippen LogP contribution in [0, 0.1) is 11.6 Å². The standard InChI is InChI=1S/C11H6F2N2O3/c12-6-4-14-11(15-5-6)18-8-3-1-2-7(13)9(8)10(16)17/h1-5H,(H,16,17). The Labute approximate surface area is 99.7 Å². The average Bonchev–Trinajstić information content (AvgIpc) is 2.32. The van der Waals surface area contributed by atoms with Gasteiger partial charge in [-0.1, -0.05) is 6.07 Å². The second-order valence-corrected chi connectivity index (χ2v) is 3.20. The molecule has 0 saturated carbocycles. The Hall–Kier alpha value is -2.57. The highest BCUT2D eigenvalue weighted by atomic mass is 19.1. The van der Waals surface area contributed by atoms with Crippen LogP contribution >= 0.6 is 0 Å². The minimum Gasteiger partial charge on any atom is -0.477 e. The summed E-state index contributed by atoms with van der Waals surface area (Å²) >= 11 is 0. The third kappa shape index (κ3) is 2.40. The van der Waals surface area contributed by atoms with Gasteiger partial charge in [0.15, 0.2) is 5.82 Å². The first-order valence-electron chi connectivity index (χ1n) is 4.75. The lowest BCUT2D eigenvalue weighted by molar-refractivity contribution is 0.0688. The summed E-state index contributed by atoms with van der Waals surface area (Å²) in [6, 6.07) is 3.24. The van der Waals surface area contributed by atoms with Gasteiger partial charge in [0.05, 0.1) is 12.4 Å². The van der Waals surface area contributed by atoms with Gasteiger partial charge in [0.25, 0.3) is 0 Å². The molecule has 18 heavy (non-hydrogen) atoms. The van der Waals surface area contributed by atoms with Crippen LogP contribution in [0.5, 0.6) is 11.8 Å². The molecule has 0 bridgehead atoms. The molecule has 0 atom stereocenters. The molecule has 5 nitrogen and oxygen atoms in total. The third-order valence-corrected chi connectivity index (χ3v) is 1.99. The second-order valence-electron chi connectivity index (χ2n) is 3.20. The summed E-state index contributed by atoms with van der Waals surface area (Å²) in [5.74, 6) is -3.35. The van der Waals surface area contributed by atoms with E-state index in [1.165, 1.54) is 12.1 Å². The molecule has 0 amide bonds. The summed E-state index contributed by atoms with van der Waals surface area (Å²) < 4.78 is 30.9. The summed E-state index contributed by atoms with van der Waals surface area (Å²) in [6.07, 6.45) is 1.70. The summed E-state index contributed by atoms with van der Waals surface area (Å²) in [7, 11) is 0. The SMILES string of the molecule is O=C(O)c1c(F)cccc1Oc1ncc(F)cn1. The molecule has 1 heterocycles. The Bertz CT molecular complexity index is 587. The zero-order valence-electron chi connectivity index (χ0n) is 8.80. The summed E-state index contributed by atoms with van der Waals surface area (Å²) in [5.41, 5.74) is -0.634. The number of rotatable bonds is 3. The van der Waals surface area contributed by atoms with Gasteiger partial charge in [-0.3, -0.25) is 0 Å². The maximum Gasteiger partial charge on any atom is 0.342 e. The number of carbonyl (C=O) groups is 1. The fourth-order valence-electron chi connectivity index (χ4n) is 1.25. The molecular formula is C11H6F2N2O3. The minimum absolute atomic E-state index is 0.255. The van der Waals surface area contributed by atoms with Crippen molar-refractivity contribution >= 4 is 5.97 Å². The molecule has 2 aromatic rings. The van der Waals surface area contributed by atoms with Crippen molar-refractivity contribution in [2.24, 2.45) is 0 Å². The third-order valence-electron chi connectivity index (χ3n) is 1.99. The Morgan fingerprint density at radius 1 is 1.22 bits per heavy atom. The van der Waals surface area contributed by atoms with E-state index in [-0.39, 0.29) is 11.8 Å². The molecule has 1 aromatic carbocycles. The topological polar surface area (TPSA) is 72.3 Å². The molecule has 0 aliphatic heterocycles. The van der Waals surface area contributed by atoms with Gasteiger partial charge in [-0.05, 0) is 12.1 Å². The van der Waals surface area contributed by atoms with Crippen LogP contribution in [-0.2, 0) is 0 Å². The van der Waals surface area contributed by atoms with E-state index in [1.54, 1.807) is 0 Å². The monoisotopic (exact) mass is 252 g/mol. The van der Waals surface area contributed by atoms with Crippen molar-refractivity contribution in [3.8, 4) is 11.8 Å². The summed E-state index contributed by atoms with van der Waals surface area (Å²) in [5, 5.41) is 8.85. The molecule has 92 valence electrons. The van der Waals surface area contributed by atoms with Crippen LogP contribution in [0.25, 0.3) is 0 Å². The van der Waals surface area contributed by atoms with Crippen molar-refractivity contribution in [1.29, 1.82) is 0 Å². The number of aromatic carboxylic acids is 1. The molecule has 0 fully saturated rings. The number of hydrogen-bond acceptors (Lipinski definition) is 4. The van der Waals surface area contributed by atoms with Gasteiger partial charge in [0.1, 0.15) is 17.1 Å². The second kappa shape index (κ2) is 4.74. The highest BCUT2D eigenvalue weighted by Crippen LogP contribution is 2.25. The van der Waals surface area contributed by atoms with Gasteiger partial charge in [-0.25, -0.2) is 23.5 Å². The zero-order valence-corrected chi connectivity index (χ0v) is 8.80. The van der Waals surface area contributed by atoms with E-state index >= 15 is 0 Å². The van der Waals surface area contributed by atoms with Crippen LogP contribution in [0.4, 0.5) is 8.78 Å². The van der Waals surface area contributed by atoms with Crippen molar-refractivity contribution < 1.29 is 23.4 Å². The van der Waals surface area contributed by atoms with Crippen LogP contribution < -0.4 is 4.74 Å². The van der Waals surface area contributed by atoms with E-state index in [9.17, 15) is 13.6 Å². The predicted molar refractivity (Wildman–Crippen MR) is 55.4 cm³/mol. The van der Waals surface area contributed by atoms with Gasteiger partial charge >= 0.3 is 12.0 Å². The fraction of sp³-hybridized carbons (Fsp3) is 0. The molecular weight excluding hydrogens is 246 g/mol. The van der Waals surface area contributed by atoms with Crippen molar-refractivity contribution in [3.63, 3.8) is 0 Å². The van der Waals surface area contributed by atoms with E-state index in [4.69, 9.17) is 9.84 Å². The lowest BCUT2D eigenvalue weighted by atomic mass is 10.2. The lowest BCUT2D eigenvalue weighted by Gasteiger charge is -2.07. The Morgan fingerprint density at radius 2 is 1.89 bits per heavy atom. The van der Waals surface area contributed by atoms with Crippen molar-refractivity contribution in [2.75, 3.05) is 0 Å². The maximum absolute atomic E-state index is 13.3. The van der Waals surface area contributed by atoms with Crippen LogP contribution in [0.2, 0.25) is 0 Å². The lowest BCUT2D eigenvalue weighted by Crippen LogP contribution is -2.04. The number of carboxylic acids is 1. The van der Waals surface area contributed by atoms with E-state index in [0.29, 0.717) is 0 Å². The van der Waals surface area contributed by atoms with Crippen molar-refractivity contribution in [1.82, 2.24) is 9.97 Å². The number of ether oxygens (including phenoxy) is 1. The smallest absolute Gasteiger partial charge is 0.342 e. The summed E-state index contributed by atoms with van der Waals surface area (Å²) in [6.45, 7) is 0. The highest BCUT2D eigenvalue weighted by Gasteiger charge is 2.18. The molecule has 0 spiro atoms. The zero-order chi connectivity index (χ0) is 13.1. The molecule has 0 saturated heterocycles. The number of benzene rings is 1. The number of carboxylic acid groups (broad SMARTS) is 1. The number of nitrogens with zero attached hydrogens (tertiary/aromatic N) is 2. The van der Waals surface area contributed by atoms with E-state index in [1.807, 2.05) is 0 Å². The Kier molecular flexibility index (Phi) is 3.13. The minimum atomic E-state index is -1.48. The van der Waals surface area contributed by atoms with E-state index < -0.39 is 23.2 Å². The van der Waals surface area contributed by atoms with Crippen LogP contribution in [0.3, 0.4) is 0 Å². The van der Waals surface area contributed by atoms with Gasteiger partial charge in [-0.15, -0.1) is 0 Å². The Balaban J connectivity index is 2.37. The fourth-order valence-corrected chi connectivity index (χ4v) is 1.25. The molecule has 0 aliphatic carbocycles. The normalized spacial score (nSPS) is 10.1. The van der Waals surface area contributed by atoms with Crippen molar-refractivity contribution in [2.45, 2.75) is 0 Å². The average molecular weight is 252 g/mol. The van der Waals surface area contributed by atoms with Gasteiger partial charge in [-0.2, -0.15) is 0 Å². The highest BCUT2D eigenvalue weighted by molar-refractivity contribution is 5.91.